The number of aliphatic hydroxyl groups is 1. The molecule has 0 fully saturated rings. The standard InChI is InChI=1S/C6H11NOSi/c1-9(2,3)6(4-7)5-8/h5,8H,1-3H3. The van der Waals surface area contributed by atoms with Crippen molar-refractivity contribution in [2.45, 2.75) is 19.6 Å². The number of nitrogens with zero attached hydrogens (tertiary/aromatic N) is 1. The molecule has 2 nitrogen and oxygen atoms in total. The zero-order valence-electron chi connectivity index (χ0n) is 5.97. The fourth-order valence-corrected chi connectivity index (χ4v) is 1.11. The Morgan fingerprint density at radius 3 is 2.00 bits per heavy atom. The minimum absolute atomic E-state index is 0.544. The zero-order valence-corrected chi connectivity index (χ0v) is 6.97. The molecule has 0 atom stereocenters. The van der Waals surface area contributed by atoms with Gasteiger partial charge in [0.2, 0.25) is 0 Å². The summed E-state index contributed by atoms with van der Waals surface area (Å²) in [5.74, 6) is 0. The maximum absolute atomic E-state index is 8.51. The summed E-state index contributed by atoms with van der Waals surface area (Å²) in [5, 5.41) is 17.5. The molecular formula is C6H11NOSi. The minimum atomic E-state index is -1.54. The predicted molar refractivity (Wildman–Crippen MR) is 39.7 cm³/mol. The van der Waals surface area contributed by atoms with E-state index in [1.54, 1.807) is 0 Å². The summed E-state index contributed by atoms with van der Waals surface area (Å²) in [5.41, 5.74) is 0. The van der Waals surface area contributed by atoms with Crippen LogP contribution in [0.4, 0.5) is 0 Å². The molecule has 0 aromatic carbocycles. The van der Waals surface area contributed by atoms with Crippen molar-refractivity contribution in [3.8, 4) is 6.07 Å². The molecule has 0 aliphatic heterocycles. The predicted octanol–water partition coefficient (Wildman–Crippen LogP) is 1.83. The molecule has 0 rings (SSSR count). The van der Waals surface area contributed by atoms with Gasteiger partial charge in [-0.25, -0.2) is 0 Å². The highest BCUT2D eigenvalue weighted by molar-refractivity contribution is 6.84. The van der Waals surface area contributed by atoms with Gasteiger partial charge in [-0.3, -0.25) is 0 Å². The molecule has 0 amide bonds. The van der Waals surface area contributed by atoms with Gasteiger partial charge in [-0.05, 0) is 0 Å². The fraction of sp³-hybridized carbons (Fsp3) is 0.500. The lowest BCUT2D eigenvalue weighted by Gasteiger charge is -2.11. The second kappa shape index (κ2) is 2.69. The molecule has 0 aromatic heterocycles. The van der Waals surface area contributed by atoms with Crippen molar-refractivity contribution in [3.05, 3.63) is 11.5 Å². The van der Waals surface area contributed by atoms with E-state index in [4.69, 9.17) is 10.4 Å². The SMILES string of the molecule is C[Si](C)(C)C(C#N)=CO. The summed E-state index contributed by atoms with van der Waals surface area (Å²) in [6.45, 7) is 6.04. The highest BCUT2D eigenvalue weighted by Gasteiger charge is 2.19. The second-order valence-corrected chi connectivity index (χ2v) is 7.94. The first-order valence-electron chi connectivity index (χ1n) is 2.77. The molecule has 0 saturated heterocycles. The monoisotopic (exact) mass is 141 g/mol. The van der Waals surface area contributed by atoms with E-state index < -0.39 is 8.07 Å². The van der Waals surface area contributed by atoms with Crippen LogP contribution in [0.15, 0.2) is 11.5 Å². The molecule has 0 radical (unpaired) electrons. The molecule has 0 aliphatic rings. The summed E-state index contributed by atoms with van der Waals surface area (Å²) in [7, 11) is -1.54. The fourth-order valence-electron chi connectivity index (χ4n) is 0.390. The lowest BCUT2D eigenvalue weighted by molar-refractivity contribution is 0.472. The number of rotatable bonds is 1. The van der Waals surface area contributed by atoms with Gasteiger partial charge in [0.15, 0.2) is 0 Å². The van der Waals surface area contributed by atoms with E-state index in [2.05, 4.69) is 0 Å². The quantitative estimate of drug-likeness (QED) is 0.344. The number of hydrogen-bond acceptors (Lipinski definition) is 2. The Morgan fingerprint density at radius 2 is 2.00 bits per heavy atom. The maximum atomic E-state index is 8.51. The Morgan fingerprint density at radius 1 is 1.56 bits per heavy atom. The number of hydrogen-bond donors (Lipinski definition) is 1. The average molecular weight is 141 g/mol. The molecule has 1 N–H and O–H groups in total. The van der Waals surface area contributed by atoms with E-state index in [9.17, 15) is 0 Å². The van der Waals surface area contributed by atoms with Gasteiger partial charge in [0.25, 0.3) is 0 Å². The summed E-state index contributed by atoms with van der Waals surface area (Å²) >= 11 is 0. The molecule has 0 saturated carbocycles. The first kappa shape index (κ1) is 8.25. The van der Waals surface area contributed by atoms with Gasteiger partial charge >= 0.3 is 0 Å². The Hall–Kier alpha value is -0.753. The lowest BCUT2D eigenvalue weighted by atomic mass is 10.7. The molecule has 0 bridgehead atoms. The van der Waals surface area contributed by atoms with E-state index in [0.29, 0.717) is 5.20 Å². The third-order valence-corrected chi connectivity index (χ3v) is 2.91. The van der Waals surface area contributed by atoms with Crippen molar-refractivity contribution in [1.29, 1.82) is 5.26 Å². The minimum Gasteiger partial charge on any atom is -0.515 e. The Bertz CT molecular complexity index is 161. The molecule has 0 spiro atoms. The summed E-state index contributed by atoms with van der Waals surface area (Å²) < 4.78 is 0. The molecule has 0 unspecified atom stereocenters. The Labute approximate surface area is 56.4 Å². The molecule has 0 aliphatic carbocycles. The van der Waals surface area contributed by atoms with Crippen LogP contribution in [0.25, 0.3) is 0 Å². The summed E-state index contributed by atoms with van der Waals surface area (Å²) in [6, 6.07) is 1.96. The number of allylic oxidation sites excluding steroid dienone is 1. The topological polar surface area (TPSA) is 44.0 Å². The van der Waals surface area contributed by atoms with Crippen LogP contribution < -0.4 is 0 Å². The van der Waals surface area contributed by atoms with Gasteiger partial charge in [0.1, 0.15) is 0 Å². The van der Waals surface area contributed by atoms with E-state index in [0.717, 1.165) is 6.26 Å². The van der Waals surface area contributed by atoms with E-state index in [1.807, 2.05) is 25.7 Å². The first-order chi connectivity index (χ1) is 4.02. The van der Waals surface area contributed by atoms with Gasteiger partial charge in [-0.2, -0.15) is 5.26 Å². The number of nitriles is 1. The van der Waals surface area contributed by atoms with Gasteiger partial charge < -0.3 is 5.11 Å². The average Bonchev–Trinajstić information content (AvgIpc) is 1.65. The van der Waals surface area contributed by atoms with E-state index in [-0.39, 0.29) is 0 Å². The third kappa shape index (κ3) is 2.33. The van der Waals surface area contributed by atoms with Crippen molar-refractivity contribution >= 4 is 8.07 Å². The van der Waals surface area contributed by atoms with Crippen molar-refractivity contribution < 1.29 is 5.11 Å². The van der Waals surface area contributed by atoms with Gasteiger partial charge in [0.05, 0.1) is 20.4 Å². The van der Waals surface area contributed by atoms with Crippen LogP contribution in [0.5, 0.6) is 0 Å². The maximum Gasteiger partial charge on any atom is 0.0952 e. The van der Waals surface area contributed by atoms with Crippen LogP contribution in [0.3, 0.4) is 0 Å². The number of aliphatic hydroxyl groups excluding tert-OH is 1. The van der Waals surface area contributed by atoms with Crippen molar-refractivity contribution in [1.82, 2.24) is 0 Å². The van der Waals surface area contributed by atoms with Gasteiger partial charge in [-0.15, -0.1) is 0 Å². The van der Waals surface area contributed by atoms with Crippen LogP contribution in [0, 0.1) is 11.3 Å². The molecule has 0 aromatic rings. The molecular weight excluding hydrogens is 130 g/mol. The highest BCUT2D eigenvalue weighted by atomic mass is 28.3. The normalized spacial score (nSPS) is 12.9. The highest BCUT2D eigenvalue weighted by Crippen LogP contribution is 2.11. The van der Waals surface area contributed by atoms with E-state index in [1.165, 1.54) is 0 Å². The summed E-state index contributed by atoms with van der Waals surface area (Å²) in [6.07, 6.45) is 0.923. The van der Waals surface area contributed by atoms with Crippen LogP contribution in [-0.2, 0) is 0 Å². The molecule has 3 heteroatoms. The summed E-state index contributed by atoms with van der Waals surface area (Å²) in [4.78, 5) is 0. The van der Waals surface area contributed by atoms with Gasteiger partial charge in [-0.1, -0.05) is 19.6 Å². The second-order valence-electron chi connectivity index (χ2n) is 2.90. The van der Waals surface area contributed by atoms with Gasteiger partial charge in [0, 0.05) is 5.20 Å². The van der Waals surface area contributed by atoms with Crippen molar-refractivity contribution in [3.63, 3.8) is 0 Å². The first-order valence-corrected chi connectivity index (χ1v) is 6.27. The van der Waals surface area contributed by atoms with Crippen molar-refractivity contribution in [2.75, 3.05) is 0 Å². The van der Waals surface area contributed by atoms with E-state index >= 15 is 0 Å². The lowest BCUT2D eigenvalue weighted by Crippen LogP contribution is -2.22. The molecule has 9 heavy (non-hydrogen) atoms. The van der Waals surface area contributed by atoms with Crippen LogP contribution in [0.2, 0.25) is 19.6 Å². The Kier molecular flexibility index (Phi) is 2.47. The largest absolute Gasteiger partial charge is 0.515 e. The van der Waals surface area contributed by atoms with Crippen molar-refractivity contribution in [2.24, 2.45) is 0 Å². The van der Waals surface area contributed by atoms with Crippen LogP contribution in [-0.4, -0.2) is 13.2 Å². The van der Waals surface area contributed by atoms with Crippen LogP contribution >= 0.6 is 0 Å². The molecule has 0 heterocycles. The molecule has 50 valence electrons. The zero-order chi connectivity index (χ0) is 7.49. The Balaban J connectivity index is 4.39. The van der Waals surface area contributed by atoms with Crippen LogP contribution in [0.1, 0.15) is 0 Å². The third-order valence-electron chi connectivity index (χ3n) is 1.06. The smallest absolute Gasteiger partial charge is 0.0952 e.